The number of fused-ring (bicyclic) bond motifs is 1. The molecule has 0 aliphatic carbocycles. The molecule has 3 nitrogen and oxygen atoms in total. The monoisotopic (exact) mass is 227 g/mol. The summed E-state index contributed by atoms with van der Waals surface area (Å²) in [4.78, 5) is 0. The first-order valence-electron chi connectivity index (χ1n) is 6.24. The van der Waals surface area contributed by atoms with Crippen molar-refractivity contribution in [1.29, 1.82) is 0 Å². The Morgan fingerprint density at radius 2 is 2.12 bits per heavy atom. The molecule has 0 amide bonds. The fourth-order valence-electron chi connectivity index (χ4n) is 2.45. The summed E-state index contributed by atoms with van der Waals surface area (Å²) in [6, 6.07) is 11.3. The summed E-state index contributed by atoms with van der Waals surface area (Å²) in [6.45, 7) is 3.21. The van der Waals surface area contributed by atoms with Gasteiger partial charge >= 0.3 is 0 Å². The fourth-order valence-corrected chi connectivity index (χ4v) is 2.45. The van der Waals surface area contributed by atoms with E-state index in [2.05, 4.69) is 46.3 Å². The van der Waals surface area contributed by atoms with Gasteiger partial charge in [0, 0.05) is 12.6 Å². The molecule has 0 radical (unpaired) electrons. The quantitative estimate of drug-likeness (QED) is 0.855. The summed E-state index contributed by atoms with van der Waals surface area (Å²) in [5, 5.41) is 7.78. The van der Waals surface area contributed by atoms with E-state index in [1.807, 2.05) is 12.3 Å². The van der Waals surface area contributed by atoms with Gasteiger partial charge in [-0.2, -0.15) is 5.10 Å². The number of anilines is 1. The molecule has 0 bridgehead atoms. The molecule has 2 aromatic rings. The topological polar surface area (TPSA) is 29.9 Å². The van der Waals surface area contributed by atoms with Gasteiger partial charge in [-0.1, -0.05) is 31.2 Å². The van der Waals surface area contributed by atoms with Crippen LogP contribution in [0.4, 0.5) is 5.82 Å². The predicted octanol–water partition coefficient (Wildman–Crippen LogP) is 2.85. The van der Waals surface area contributed by atoms with Gasteiger partial charge in [0.25, 0.3) is 0 Å². The van der Waals surface area contributed by atoms with Crippen LogP contribution >= 0.6 is 0 Å². The molecule has 88 valence electrons. The van der Waals surface area contributed by atoms with Gasteiger partial charge in [0.1, 0.15) is 5.82 Å². The number of hydrogen-bond acceptors (Lipinski definition) is 2. The van der Waals surface area contributed by atoms with Gasteiger partial charge in [-0.3, -0.25) is 0 Å². The van der Waals surface area contributed by atoms with Gasteiger partial charge in [0.15, 0.2) is 0 Å². The lowest BCUT2D eigenvalue weighted by Gasteiger charge is -2.26. The number of hydrogen-bond donors (Lipinski definition) is 1. The van der Waals surface area contributed by atoms with E-state index in [9.17, 15) is 0 Å². The summed E-state index contributed by atoms with van der Waals surface area (Å²) >= 11 is 0. The van der Waals surface area contributed by atoms with Crippen LogP contribution in [-0.2, 0) is 6.42 Å². The average Bonchev–Trinajstić information content (AvgIpc) is 2.87. The van der Waals surface area contributed by atoms with Gasteiger partial charge in [0.05, 0.1) is 12.2 Å². The third kappa shape index (κ3) is 1.82. The zero-order chi connectivity index (χ0) is 11.7. The lowest BCUT2D eigenvalue weighted by molar-refractivity contribution is 0.482. The molecule has 1 unspecified atom stereocenters. The minimum absolute atomic E-state index is 0.382. The van der Waals surface area contributed by atoms with Crippen molar-refractivity contribution in [1.82, 2.24) is 9.78 Å². The Labute approximate surface area is 101 Å². The Morgan fingerprint density at radius 3 is 2.88 bits per heavy atom. The smallest absolute Gasteiger partial charge is 0.124 e. The van der Waals surface area contributed by atoms with Crippen molar-refractivity contribution in [2.75, 3.05) is 11.9 Å². The maximum absolute atomic E-state index is 4.41. The second-order valence-electron chi connectivity index (χ2n) is 4.49. The van der Waals surface area contributed by atoms with Crippen LogP contribution in [0, 0.1) is 0 Å². The molecule has 0 spiro atoms. The first-order valence-corrected chi connectivity index (χ1v) is 6.24. The molecule has 1 aliphatic heterocycles. The predicted molar refractivity (Wildman–Crippen MR) is 69.3 cm³/mol. The Kier molecular flexibility index (Phi) is 2.59. The summed E-state index contributed by atoms with van der Waals surface area (Å²) in [6.07, 6.45) is 4.06. The van der Waals surface area contributed by atoms with Crippen molar-refractivity contribution in [2.24, 2.45) is 0 Å². The van der Waals surface area contributed by atoms with Gasteiger partial charge in [-0.05, 0) is 24.0 Å². The van der Waals surface area contributed by atoms with E-state index in [1.165, 1.54) is 11.1 Å². The second-order valence-corrected chi connectivity index (χ2v) is 4.49. The zero-order valence-corrected chi connectivity index (χ0v) is 10.1. The molecule has 3 heteroatoms. The number of rotatable bonds is 2. The Bertz CT molecular complexity index is 498. The first-order chi connectivity index (χ1) is 8.38. The molecule has 1 atom stereocenters. The van der Waals surface area contributed by atoms with E-state index < -0.39 is 0 Å². The molecule has 3 rings (SSSR count). The van der Waals surface area contributed by atoms with Crippen LogP contribution < -0.4 is 5.32 Å². The second kappa shape index (κ2) is 4.24. The van der Waals surface area contributed by atoms with Crippen LogP contribution in [-0.4, -0.2) is 16.3 Å². The van der Waals surface area contributed by atoms with Gasteiger partial charge in [-0.15, -0.1) is 0 Å². The number of nitrogens with zero attached hydrogens (tertiary/aromatic N) is 2. The highest BCUT2D eigenvalue weighted by atomic mass is 15.4. The van der Waals surface area contributed by atoms with Crippen molar-refractivity contribution < 1.29 is 0 Å². The van der Waals surface area contributed by atoms with Gasteiger partial charge in [-0.25, -0.2) is 4.68 Å². The minimum Gasteiger partial charge on any atom is -0.370 e. The number of aryl methyl sites for hydroxylation is 1. The number of benzene rings is 1. The molecular formula is C14H17N3. The normalized spacial score (nSPS) is 18.5. The fraction of sp³-hybridized carbons (Fsp3) is 0.357. The van der Waals surface area contributed by atoms with Crippen molar-refractivity contribution >= 4 is 5.82 Å². The minimum atomic E-state index is 0.382. The highest BCUT2D eigenvalue weighted by molar-refractivity contribution is 5.39. The van der Waals surface area contributed by atoms with Crippen LogP contribution in [0.1, 0.15) is 30.5 Å². The zero-order valence-electron chi connectivity index (χ0n) is 10.1. The molecule has 17 heavy (non-hydrogen) atoms. The molecular weight excluding hydrogens is 210 g/mol. The highest BCUT2D eigenvalue weighted by Crippen LogP contribution is 2.28. The van der Waals surface area contributed by atoms with Crippen LogP contribution in [0.3, 0.4) is 0 Å². The molecule has 1 aromatic heterocycles. The number of nitrogens with one attached hydrogen (secondary N) is 1. The van der Waals surface area contributed by atoms with Gasteiger partial charge < -0.3 is 5.32 Å². The Morgan fingerprint density at radius 1 is 1.29 bits per heavy atom. The van der Waals surface area contributed by atoms with Gasteiger partial charge in [0.2, 0.25) is 0 Å². The summed E-state index contributed by atoms with van der Waals surface area (Å²) in [7, 11) is 0. The summed E-state index contributed by atoms with van der Waals surface area (Å²) in [5.41, 5.74) is 2.75. The van der Waals surface area contributed by atoms with Crippen molar-refractivity contribution in [3.8, 4) is 0 Å². The molecule has 1 aliphatic rings. The van der Waals surface area contributed by atoms with E-state index in [1.54, 1.807) is 0 Å². The van der Waals surface area contributed by atoms with Crippen LogP contribution in [0.25, 0.3) is 0 Å². The molecule has 1 N–H and O–H groups in total. The number of aromatic nitrogens is 2. The molecule has 2 heterocycles. The average molecular weight is 227 g/mol. The van der Waals surface area contributed by atoms with E-state index in [0.29, 0.717) is 6.04 Å². The van der Waals surface area contributed by atoms with Crippen molar-refractivity contribution in [2.45, 2.75) is 25.8 Å². The third-order valence-electron chi connectivity index (χ3n) is 3.46. The molecule has 0 saturated heterocycles. The molecule has 1 aromatic carbocycles. The maximum atomic E-state index is 4.41. The van der Waals surface area contributed by atoms with E-state index in [4.69, 9.17) is 0 Å². The Hall–Kier alpha value is -1.77. The summed E-state index contributed by atoms with van der Waals surface area (Å²) in [5.74, 6) is 1.13. The SMILES string of the molecule is CCc1ccc(C2CCNc3ccnn32)cc1. The highest BCUT2D eigenvalue weighted by Gasteiger charge is 2.20. The third-order valence-corrected chi connectivity index (χ3v) is 3.46. The maximum Gasteiger partial charge on any atom is 0.124 e. The Balaban J connectivity index is 1.95. The van der Waals surface area contributed by atoms with Crippen LogP contribution in [0.5, 0.6) is 0 Å². The van der Waals surface area contributed by atoms with Crippen LogP contribution in [0.15, 0.2) is 36.5 Å². The molecule has 0 fully saturated rings. The van der Waals surface area contributed by atoms with E-state index in [-0.39, 0.29) is 0 Å². The summed E-state index contributed by atoms with van der Waals surface area (Å²) < 4.78 is 2.09. The van der Waals surface area contributed by atoms with Crippen molar-refractivity contribution in [3.05, 3.63) is 47.7 Å². The lowest BCUT2D eigenvalue weighted by Crippen LogP contribution is -2.24. The first kappa shape index (κ1) is 10.4. The van der Waals surface area contributed by atoms with E-state index in [0.717, 1.165) is 25.2 Å². The van der Waals surface area contributed by atoms with Crippen molar-refractivity contribution in [3.63, 3.8) is 0 Å². The molecule has 0 saturated carbocycles. The lowest BCUT2D eigenvalue weighted by atomic mass is 10.0. The largest absolute Gasteiger partial charge is 0.370 e. The van der Waals surface area contributed by atoms with E-state index >= 15 is 0 Å². The van der Waals surface area contributed by atoms with Crippen LogP contribution in [0.2, 0.25) is 0 Å². The standard InChI is InChI=1S/C14H17N3/c1-2-11-3-5-12(6-4-11)13-7-9-15-14-8-10-16-17(13)14/h3-6,8,10,13,15H,2,7,9H2,1H3.